The number of esters is 2. The molecule has 0 spiro atoms. The van der Waals surface area contributed by atoms with Crippen molar-refractivity contribution in [2.75, 3.05) is 6.61 Å². The third-order valence-electron chi connectivity index (χ3n) is 5.72. The van der Waals surface area contributed by atoms with Gasteiger partial charge < -0.3 is 9.47 Å². The van der Waals surface area contributed by atoms with E-state index in [0.29, 0.717) is 12.0 Å². The van der Waals surface area contributed by atoms with Crippen molar-refractivity contribution in [3.05, 3.63) is 59.7 Å². The monoisotopic (exact) mass is 452 g/mol. The molecule has 0 aliphatic rings. The molecule has 1 unspecified atom stereocenters. The summed E-state index contributed by atoms with van der Waals surface area (Å²) >= 11 is 0. The van der Waals surface area contributed by atoms with Gasteiger partial charge in [0.2, 0.25) is 0 Å². The molecule has 0 aromatic heterocycles. The molecule has 1 atom stereocenters. The van der Waals surface area contributed by atoms with Crippen LogP contribution in [0.3, 0.4) is 0 Å². The summed E-state index contributed by atoms with van der Waals surface area (Å²) in [5, 5.41) is 0. The first-order chi connectivity index (χ1) is 16.0. The SMILES string of the molecule is CCCCCCCCCc1ccc(-c2ccc(C(=O)OC(C)COC(=O)CCC)cc2)cc1. The fourth-order valence-corrected chi connectivity index (χ4v) is 3.72. The van der Waals surface area contributed by atoms with Gasteiger partial charge in [0.15, 0.2) is 0 Å². The van der Waals surface area contributed by atoms with Crippen LogP contribution in [0, 0.1) is 0 Å². The maximum absolute atomic E-state index is 12.4. The summed E-state index contributed by atoms with van der Waals surface area (Å²) in [4.78, 5) is 23.8. The first-order valence-corrected chi connectivity index (χ1v) is 12.6. The number of ether oxygens (including phenoxy) is 2. The molecule has 0 saturated carbocycles. The number of unbranched alkanes of at least 4 members (excludes halogenated alkanes) is 6. The Kier molecular flexibility index (Phi) is 12.3. The van der Waals surface area contributed by atoms with Crippen molar-refractivity contribution in [2.45, 2.75) is 91.1 Å². The normalized spacial score (nSPS) is 11.7. The minimum atomic E-state index is -0.484. The Balaban J connectivity index is 1.78. The standard InChI is InChI=1S/C29H40O4/c1-4-6-7-8-9-10-11-13-24-14-16-25(17-15-24)26-18-20-27(21-19-26)29(31)33-23(3)22-32-28(30)12-5-2/h14-21,23H,4-13,22H2,1-3H3. The Hall–Kier alpha value is -2.62. The summed E-state index contributed by atoms with van der Waals surface area (Å²) in [5.41, 5.74) is 4.06. The van der Waals surface area contributed by atoms with Crippen molar-refractivity contribution in [1.29, 1.82) is 0 Å². The van der Waals surface area contributed by atoms with Gasteiger partial charge in [0, 0.05) is 6.42 Å². The molecule has 2 aromatic rings. The van der Waals surface area contributed by atoms with Crippen molar-refractivity contribution in [2.24, 2.45) is 0 Å². The summed E-state index contributed by atoms with van der Waals surface area (Å²) in [5.74, 6) is -0.677. The molecular formula is C29H40O4. The van der Waals surface area contributed by atoms with Crippen LogP contribution < -0.4 is 0 Å². The fraction of sp³-hybridized carbons (Fsp3) is 0.517. The van der Waals surface area contributed by atoms with Crippen molar-refractivity contribution in [3.63, 3.8) is 0 Å². The minimum absolute atomic E-state index is 0.0772. The van der Waals surface area contributed by atoms with Crippen molar-refractivity contribution in [3.8, 4) is 11.1 Å². The summed E-state index contributed by atoms with van der Waals surface area (Å²) in [6.45, 7) is 5.97. The van der Waals surface area contributed by atoms with E-state index in [1.807, 2.05) is 19.1 Å². The number of rotatable bonds is 15. The van der Waals surface area contributed by atoms with E-state index in [4.69, 9.17) is 9.47 Å². The molecule has 0 bridgehead atoms. The van der Waals surface area contributed by atoms with Crippen LogP contribution in [0.4, 0.5) is 0 Å². The van der Waals surface area contributed by atoms with Crippen LogP contribution in [0.1, 0.15) is 94.5 Å². The van der Waals surface area contributed by atoms with Crippen LogP contribution in [0.25, 0.3) is 11.1 Å². The van der Waals surface area contributed by atoms with E-state index in [2.05, 4.69) is 31.2 Å². The first-order valence-electron chi connectivity index (χ1n) is 12.6. The van der Waals surface area contributed by atoms with E-state index in [1.54, 1.807) is 19.1 Å². The summed E-state index contributed by atoms with van der Waals surface area (Å²) < 4.78 is 10.5. The highest BCUT2D eigenvalue weighted by molar-refractivity contribution is 5.90. The largest absolute Gasteiger partial charge is 0.462 e. The number of hydrogen-bond donors (Lipinski definition) is 0. The number of benzene rings is 2. The van der Waals surface area contributed by atoms with E-state index in [-0.39, 0.29) is 12.6 Å². The quantitative estimate of drug-likeness (QED) is 0.207. The molecule has 0 heterocycles. The minimum Gasteiger partial charge on any atom is -0.462 e. The third kappa shape index (κ3) is 10.2. The maximum atomic E-state index is 12.4. The second-order valence-electron chi connectivity index (χ2n) is 8.79. The summed E-state index contributed by atoms with van der Waals surface area (Å²) in [6, 6.07) is 16.1. The average molecular weight is 453 g/mol. The zero-order valence-corrected chi connectivity index (χ0v) is 20.6. The molecule has 4 nitrogen and oxygen atoms in total. The van der Waals surface area contributed by atoms with Gasteiger partial charge in [0.05, 0.1) is 5.56 Å². The van der Waals surface area contributed by atoms with E-state index >= 15 is 0 Å². The molecule has 4 heteroatoms. The molecule has 0 aliphatic carbocycles. The molecule has 2 aromatic carbocycles. The maximum Gasteiger partial charge on any atom is 0.338 e. The number of carbonyl (C=O) groups is 2. The molecule has 0 radical (unpaired) electrons. The Morgan fingerprint density at radius 3 is 1.94 bits per heavy atom. The van der Waals surface area contributed by atoms with Gasteiger partial charge >= 0.3 is 11.9 Å². The Labute approximate surface area is 199 Å². The molecule has 33 heavy (non-hydrogen) atoms. The third-order valence-corrected chi connectivity index (χ3v) is 5.72. The van der Waals surface area contributed by atoms with Gasteiger partial charge in [-0.15, -0.1) is 0 Å². The van der Waals surface area contributed by atoms with Gasteiger partial charge in [-0.3, -0.25) is 4.79 Å². The molecule has 0 fully saturated rings. The molecule has 2 rings (SSSR count). The lowest BCUT2D eigenvalue weighted by Gasteiger charge is -2.14. The Morgan fingerprint density at radius 1 is 0.758 bits per heavy atom. The lowest BCUT2D eigenvalue weighted by atomic mass is 10.00. The second-order valence-corrected chi connectivity index (χ2v) is 8.79. The first kappa shape index (κ1) is 26.6. The van der Waals surface area contributed by atoms with E-state index < -0.39 is 12.1 Å². The van der Waals surface area contributed by atoms with Gasteiger partial charge in [-0.05, 0) is 55.0 Å². The summed E-state index contributed by atoms with van der Waals surface area (Å²) in [6.07, 6.45) is 11.1. The van der Waals surface area contributed by atoms with Gasteiger partial charge in [-0.1, -0.05) is 88.8 Å². The second kappa shape index (κ2) is 15.3. The summed E-state index contributed by atoms with van der Waals surface area (Å²) in [7, 11) is 0. The van der Waals surface area contributed by atoms with Crippen molar-refractivity contribution >= 4 is 11.9 Å². The molecule has 0 aliphatic heterocycles. The highest BCUT2D eigenvalue weighted by atomic mass is 16.6. The van der Waals surface area contributed by atoms with E-state index in [9.17, 15) is 9.59 Å². The highest BCUT2D eigenvalue weighted by Gasteiger charge is 2.14. The number of carbonyl (C=O) groups excluding carboxylic acids is 2. The van der Waals surface area contributed by atoms with Gasteiger partial charge in [0.1, 0.15) is 12.7 Å². The predicted molar refractivity (Wildman–Crippen MR) is 134 cm³/mol. The van der Waals surface area contributed by atoms with Crippen LogP contribution in [-0.4, -0.2) is 24.6 Å². The lowest BCUT2D eigenvalue weighted by Crippen LogP contribution is -2.22. The van der Waals surface area contributed by atoms with Gasteiger partial charge in [0.25, 0.3) is 0 Å². The smallest absolute Gasteiger partial charge is 0.338 e. The van der Waals surface area contributed by atoms with Crippen LogP contribution in [0.2, 0.25) is 0 Å². The van der Waals surface area contributed by atoms with Gasteiger partial charge in [-0.25, -0.2) is 4.79 Å². The van der Waals surface area contributed by atoms with Crippen LogP contribution in [-0.2, 0) is 20.7 Å². The fourth-order valence-electron chi connectivity index (χ4n) is 3.72. The zero-order chi connectivity index (χ0) is 23.9. The highest BCUT2D eigenvalue weighted by Crippen LogP contribution is 2.22. The number of hydrogen-bond acceptors (Lipinski definition) is 4. The van der Waals surface area contributed by atoms with Crippen LogP contribution in [0.5, 0.6) is 0 Å². The zero-order valence-electron chi connectivity index (χ0n) is 20.6. The molecule has 0 saturated heterocycles. The molecule has 0 N–H and O–H groups in total. The Morgan fingerprint density at radius 2 is 1.33 bits per heavy atom. The van der Waals surface area contributed by atoms with Crippen LogP contribution >= 0.6 is 0 Å². The van der Waals surface area contributed by atoms with Crippen molar-refractivity contribution in [1.82, 2.24) is 0 Å². The average Bonchev–Trinajstić information content (AvgIpc) is 2.83. The number of aryl methyl sites for hydroxylation is 1. The van der Waals surface area contributed by atoms with E-state index in [1.165, 1.54) is 50.5 Å². The lowest BCUT2D eigenvalue weighted by molar-refractivity contribution is -0.146. The van der Waals surface area contributed by atoms with Crippen LogP contribution in [0.15, 0.2) is 48.5 Å². The van der Waals surface area contributed by atoms with Crippen molar-refractivity contribution < 1.29 is 19.1 Å². The molecular weight excluding hydrogens is 412 g/mol. The van der Waals surface area contributed by atoms with E-state index in [0.717, 1.165) is 24.0 Å². The Bertz CT molecular complexity index is 824. The topological polar surface area (TPSA) is 52.6 Å². The predicted octanol–water partition coefficient (Wildman–Crippen LogP) is 7.54. The molecule has 0 amide bonds. The molecule has 180 valence electrons. The van der Waals surface area contributed by atoms with Gasteiger partial charge in [-0.2, -0.15) is 0 Å².